The van der Waals surface area contributed by atoms with Crippen LogP contribution in [0.25, 0.3) is 0 Å². The quantitative estimate of drug-likeness (QED) is 0.758. The number of rotatable bonds is 6. The predicted octanol–water partition coefficient (Wildman–Crippen LogP) is 2.06. The van der Waals surface area contributed by atoms with E-state index in [-0.39, 0.29) is 5.91 Å². The van der Waals surface area contributed by atoms with E-state index in [9.17, 15) is 4.79 Å². The normalized spacial score (nSPS) is 12.1. The highest BCUT2D eigenvalue weighted by Crippen LogP contribution is 2.25. The van der Waals surface area contributed by atoms with Gasteiger partial charge in [-0.1, -0.05) is 11.8 Å². The van der Waals surface area contributed by atoms with E-state index in [1.807, 2.05) is 24.3 Å². The molecule has 0 aliphatic carbocycles. The number of aliphatic hydroxyl groups is 1. The van der Waals surface area contributed by atoms with Gasteiger partial charge in [0.25, 0.3) is 0 Å². The molecule has 0 aliphatic rings. The van der Waals surface area contributed by atoms with Gasteiger partial charge in [0, 0.05) is 17.0 Å². The number of amides is 1. The zero-order valence-corrected chi connectivity index (χ0v) is 11.9. The molecule has 1 atom stereocenters. The summed E-state index contributed by atoms with van der Waals surface area (Å²) in [7, 11) is 0. The molecular formula is C13H16N4O2S. The average Bonchev–Trinajstić information content (AvgIpc) is 2.92. The van der Waals surface area contributed by atoms with Crippen molar-refractivity contribution in [3.63, 3.8) is 0 Å². The first-order valence-electron chi connectivity index (χ1n) is 6.24. The maximum Gasteiger partial charge on any atom is 0.224 e. The summed E-state index contributed by atoms with van der Waals surface area (Å²) in [4.78, 5) is 16.6. The molecule has 1 aromatic heterocycles. The molecule has 0 saturated heterocycles. The Bertz CT molecular complexity index is 540. The van der Waals surface area contributed by atoms with Crippen molar-refractivity contribution in [2.45, 2.75) is 35.9 Å². The third-order valence-corrected chi connectivity index (χ3v) is 3.43. The van der Waals surface area contributed by atoms with E-state index in [0.717, 1.165) is 15.7 Å². The van der Waals surface area contributed by atoms with E-state index in [1.165, 1.54) is 18.1 Å². The summed E-state index contributed by atoms with van der Waals surface area (Å²) in [6, 6.07) is 7.47. The van der Waals surface area contributed by atoms with Crippen molar-refractivity contribution in [2.75, 3.05) is 5.32 Å². The molecule has 0 fully saturated rings. The Morgan fingerprint density at radius 3 is 2.80 bits per heavy atom. The van der Waals surface area contributed by atoms with Gasteiger partial charge < -0.3 is 10.4 Å². The van der Waals surface area contributed by atoms with Crippen LogP contribution in [0.4, 0.5) is 5.69 Å². The van der Waals surface area contributed by atoms with Gasteiger partial charge in [0.05, 0.1) is 6.10 Å². The molecule has 0 saturated carbocycles. The molecule has 0 bridgehead atoms. The van der Waals surface area contributed by atoms with Crippen LogP contribution in [0.1, 0.15) is 19.8 Å². The number of aromatic nitrogens is 3. The van der Waals surface area contributed by atoms with Crippen LogP contribution in [0, 0.1) is 0 Å². The van der Waals surface area contributed by atoms with E-state index in [4.69, 9.17) is 5.11 Å². The Kier molecular flexibility index (Phi) is 5.14. The molecule has 1 unspecified atom stereocenters. The van der Waals surface area contributed by atoms with Crippen LogP contribution in [0.15, 0.2) is 40.6 Å². The van der Waals surface area contributed by atoms with Crippen LogP contribution >= 0.6 is 11.8 Å². The fourth-order valence-corrected chi connectivity index (χ4v) is 2.22. The smallest absolute Gasteiger partial charge is 0.224 e. The van der Waals surface area contributed by atoms with Crippen LogP contribution in [-0.2, 0) is 4.79 Å². The standard InChI is InChI=1S/C13H16N4O2S/c1-9(18)2-7-12(19)16-10-3-5-11(6-4-10)20-13-14-8-15-17-13/h3-6,8-9,18H,2,7H2,1H3,(H,16,19)(H,14,15,17). The molecule has 3 N–H and O–H groups in total. The minimum absolute atomic E-state index is 0.0958. The molecule has 2 rings (SSSR count). The summed E-state index contributed by atoms with van der Waals surface area (Å²) in [5.41, 5.74) is 0.738. The van der Waals surface area contributed by atoms with Gasteiger partial charge in [-0.2, -0.15) is 5.10 Å². The van der Waals surface area contributed by atoms with E-state index in [1.54, 1.807) is 6.92 Å². The third kappa shape index (κ3) is 4.67. The van der Waals surface area contributed by atoms with Gasteiger partial charge in [0.1, 0.15) is 6.33 Å². The van der Waals surface area contributed by atoms with Crippen LogP contribution in [0.3, 0.4) is 0 Å². The Labute approximate surface area is 121 Å². The number of anilines is 1. The van der Waals surface area contributed by atoms with Gasteiger partial charge in [-0.3, -0.25) is 9.89 Å². The highest BCUT2D eigenvalue weighted by Gasteiger charge is 2.05. The summed E-state index contributed by atoms with van der Waals surface area (Å²) >= 11 is 1.46. The third-order valence-electron chi connectivity index (χ3n) is 2.53. The minimum Gasteiger partial charge on any atom is -0.393 e. The SMILES string of the molecule is CC(O)CCC(=O)Nc1ccc(Sc2ncn[nH]2)cc1. The van der Waals surface area contributed by atoms with Crippen molar-refractivity contribution in [1.29, 1.82) is 0 Å². The first-order valence-corrected chi connectivity index (χ1v) is 7.06. The molecule has 2 aromatic rings. The monoisotopic (exact) mass is 292 g/mol. The molecular weight excluding hydrogens is 276 g/mol. The maximum atomic E-state index is 11.6. The van der Waals surface area contributed by atoms with E-state index < -0.39 is 6.10 Å². The number of aliphatic hydroxyl groups excluding tert-OH is 1. The molecule has 7 heteroatoms. The fourth-order valence-electron chi connectivity index (χ4n) is 1.52. The van der Waals surface area contributed by atoms with E-state index in [0.29, 0.717) is 12.8 Å². The highest BCUT2D eigenvalue weighted by atomic mass is 32.2. The molecule has 0 radical (unpaired) electrons. The number of hydrogen-bond donors (Lipinski definition) is 3. The fraction of sp³-hybridized carbons (Fsp3) is 0.308. The summed E-state index contributed by atoms with van der Waals surface area (Å²) in [6.45, 7) is 1.67. The lowest BCUT2D eigenvalue weighted by atomic mass is 10.2. The molecule has 20 heavy (non-hydrogen) atoms. The van der Waals surface area contributed by atoms with Crippen LogP contribution in [0.2, 0.25) is 0 Å². The van der Waals surface area contributed by atoms with Gasteiger partial charge in [-0.15, -0.1) is 0 Å². The van der Waals surface area contributed by atoms with Gasteiger partial charge >= 0.3 is 0 Å². The van der Waals surface area contributed by atoms with Gasteiger partial charge in [-0.25, -0.2) is 4.98 Å². The number of H-pyrrole nitrogens is 1. The van der Waals surface area contributed by atoms with E-state index in [2.05, 4.69) is 20.5 Å². The molecule has 1 aromatic carbocycles. The zero-order valence-electron chi connectivity index (χ0n) is 11.0. The largest absolute Gasteiger partial charge is 0.393 e. The molecule has 6 nitrogen and oxygen atoms in total. The molecule has 1 heterocycles. The van der Waals surface area contributed by atoms with Crippen LogP contribution < -0.4 is 5.32 Å². The average molecular weight is 292 g/mol. The summed E-state index contributed by atoms with van der Waals surface area (Å²) < 4.78 is 0. The molecule has 106 valence electrons. The lowest BCUT2D eigenvalue weighted by Gasteiger charge is -2.07. The first-order chi connectivity index (χ1) is 9.63. The topological polar surface area (TPSA) is 90.9 Å². The Morgan fingerprint density at radius 1 is 1.45 bits per heavy atom. The number of carbonyl (C=O) groups excluding carboxylic acids is 1. The summed E-state index contributed by atoms with van der Waals surface area (Å²) in [6.07, 6.45) is 1.78. The number of nitrogens with one attached hydrogen (secondary N) is 2. The number of aromatic amines is 1. The van der Waals surface area contributed by atoms with E-state index >= 15 is 0 Å². The van der Waals surface area contributed by atoms with Crippen LogP contribution in [0.5, 0.6) is 0 Å². The second-order valence-corrected chi connectivity index (χ2v) is 5.42. The first kappa shape index (κ1) is 14.5. The Hall–Kier alpha value is -1.86. The van der Waals surface area contributed by atoms with Gasteiger partial charge in [-0.05, 0) is 37.6 Å². The number of benzene rings is 1. The van der Waals surface area contributed by atoms with Crippen molar-refractivity contribution in [3.8, 4) is 0 Å². The number of nitrogens with zero attached hydrogens (tertiary/aromatic N) is 2. The van der Waals surface area contributed by atoms with Gasteiger partial charge in [0.15, 0.2) is 5.16 Å². The zero-order chi connectivity index (χ0) is 14.4. The highest BCUT2D eigenvalue weighted by molar-refractivity contribution is 7.99. The maximum absolute atomic E-state index is 11.6. The Balaban J connectivity index is 1.86. The van der Waals surface area contributed by atoms with Crippen LogP contribution in [-0.4, -0.2) is 32.3 Å². The lowest BCUT2D eigenvalue weighted by Crippen LogP contribution is -2.13. The van der Waals surface area contributed by atoms with Gasteiger partial charge in [0.2, 0.25) is 5.91 Å². The second kappa shape index (κ2) is 7.06. The van der Waals surface area contributed by atoms with Crippen molar-refractivity contribution in [2.24, 2.45) is 0 Å². The summed E-state index contributed by atoms with van der Waals surface area (Å²) in [5, 5.41) is 19.2. The number of carbonyl (C=O) groups is 1. The lowest BCUT2D eigenvalue weighted by molar-refractivity contribution is -0.116. The Morgan fingerprint density at radius 2 is 2.20 bits per heavy atom. The van der Waals surface area contributed by atoms with Crippen molar-refractivity contribution in [1.82, 2.24) is 15.2 Å². The van der Waals surface area contributed by atoms with Crippen molar-refractivity contribution >= 4 is 23.4 Å². The van der Waals surface area contributed by atoms with Crippen molar-refractivity contribution in [3.05, 3.63) is 30.6 Å². The second-order valence-electron chi connectivity index (χ2n) is 4.35. The van der Waals surface area contributed by atoms with Crippen molar-refractivity contribution < 1.29 is 9.90 Å². The predicted molar refractivity (Wildman–Crippen MR) is 76.5 cm³/mol. The number of hydrogen-bond acceptors (Lipinski definition) is 5. The molecule has 0 aliphatic heterocycles. The summed E-state index contributed by atoms with van der Waals surface area (Å²) in [5.74, 6) is -0.0958. The molecule has 0 spiro atoms. The molecule has 1 amide bonds. The minimum atomic E-state index is -0.457.